The van der Waals surface area contributed by atoms with Gasteiger partial charge in [-0.1, -0.05) is 127 Å². The molecule has 2 nitrogen and oxygen atoms in total. The maximum Gasteiger partial charge on any atom is 0.137 e. The molecule has 0 fully saturated rings. The standard InChI is InChI=1S/C46H29NOS/c1-3-11-30(12-4-1)31-21-23-32(24-22-31)35-27-28-42-45-38(35)16-9-17-39(45)36-26-25-34(29-43(36)48-42)47(33-13-5-2-6-14-33)41-19-10-18-40-37-15-7-8-20-44(37)49-46(40)41/h1-29H. The van der Waals surface area contributed by atoms with Crippen molar-refractivity contribution in [2.24, 2.45) is 0 Å². The maximum absolute atomic E-state index is 6.79. The van der Waals surface area contributed by atoms with Crippen LogP contribution in [0.4, 0.5) is 17.1 Å². The Morgan fingerprint density at radius 3 is 1.94 bits per heavy atom. The summed E-state index contributed by atoms with van der Waals surface area (Å²) in [6.07, 6.45) is 0. The zero-order valence-corrected chi connectivity index (χ0v) is 27.3. The van der Waals surface area contributed by atoms with Crippen LogP contribution in [-0.4, -0.2) is 0 Å². The summed E-state index contributed by atoms with van der Waals surface area (Å²) in [5.74, 6) is 1.75. The first-order valence-corrected chi connectivity index (χ1v) is 17.4. The van der Waals surface area contributed by atoms with E-state index in [1.807, 2.05) is 11.3 Å². The first kappa shape index (κ1) is 27.9. The lowest BCUT2D eigenvalue weighted by atomic mass is 9.90. The van der Waals surface area contributed by atoms with Crippen molar-refractivity contribution in [3.05, 3.63) is 176 Å². The van der Waals surface area contributed by atoms with Crippen molar-refractivity contribution in [1.29, 1.82) is 0 Å². The Hall–Kier alpha value is -6.16. The molecule has 2 heterocycles. The van der Waals surface area contributed by atoms with E-state index in [1.54, 1.807) is 0 Å². The van der Waals surface area contributed by atoms with Crippen LogP contribution in [0.25, 0.3) is 64.3 Å². The van der Waals surface area contributed by atoms with Crippen molar-refractivity contribution in [3.63, 3.8) is 0 Å². The van der Waals surface area contributed by atoms with Crippen molar-refractivity contribution < 1.29 is 4.74 Å². The van der Waals surface area contributed by atoms with Gasteiger partial charge in [-0.3, -0.25) is 0 Å². The van der Waals surface area contributed by atoms with Crippen LogP contribution in [0.1, 0.15) is 0 Å². The highest BCUT2D eigenvalue weighted by atomic mass is 32.1. The molecule has 1 aromatic heterocycles. The van der Waals surface area contributed by atoms with Gasteiger partial charge in [0.2, 0.25) is 0 Å². The van der Waals surface area contributed by atoms with Crippen LogP contribution >= 0.6 is 11.3 Å². The third-order valence-electron chi connectivity index (χ3n) is 9.68. The largest absolute Gasteiger partial charge is 0.456 e. The summed E-state index contributed by atoms with van der Waals surface area (Å²) in [6.45, 7) is 0. The summed E-state index contributed by atoms with van der Waals surface area (Å²) in [6, 6.07) is 63.0. The molecule has 0 saturated carbocycles. The second-order valence-corrected chi connectivity index (χ2v) is 13.5. The highest BCUT2D eigenvalue weighted by Gasteiger charge is 2.24. The Balaban J connectivity index is 1.09. The van der Waals surface area contributed by atoms with E-state index >= 15 is 0 Å². The van der Waals surface area contributed by atoms with Crippen LogP contribution in [-0.2, 0) is 0 Å². The van der Waals surface area contributed by atoms with Gasteiger partial charge in [-0.2, -0.15) is 0 Å². The summed E-state index contributed by atoms with van der Waals surface area (Å²) in [5.41, 5.74) is 10.5. The molecule has 0 radical (unpaired) electrons. The molecule has 0 atom stereocenters. The minimum absolute atomic E-state index is 0.863. The molecular weight excluding hydrogens is 615 g/mol. The van der Waals surface area contributed by atoms with Gasteiger partial charge in [0.15, 0.2) is 0 Å². The van der Waals surface area contributed by atoms with Crippen LogP contribution < -0.4 is 9.64 Å². The number of thiophene rings is 1. The zero-order valence-electron chi connectivity index (χ0n) is 26.5. The van der Waals surface area contributed by atoms with E-state index in [0.717, 1.165) is 39.5 Å². The normalized spacial score (nSPS) is 11.8. The van der Waals surface area contributed by atoms with Gasteiger partial charge in [0.25, 0.3) is 0 Å². The summed E-state index contributed by atoms with van der Waals surface area (Å²) < 4.78 is 9.35. The molecule has 230 valence electrons. The second kappa shape index (κ2) is 11.2. The quantitative estimate of drug-likeness (QED) is 0.185. The summed E-state index contributed by atoms with van der Waals surface area (Å²) in [7, 11) is 0. The fourth-order valence-corrected chi connectivity index (χ4v) is 8.60. The number of anilines is 3. The van der Waals surface area contributed by atoms with Gasteiger partial charge in [-0.05, 0) is 75.7 Å². The third-order valence-corrected chi connectivity index (χ3v) is 10.9. The average Bonchev–Trinajstić information content (AvgIpc) is 3.56. The number of hydrogen-bond acceptors (Lipinski definition) is 3. The van der Waals surface area contributed by atoms with Crippen molar-refractivity contribution in [1.82, 2.24) is 0 Å². The molecule has 10 rings (SSSR count). The molecule has 0 unspecified atom stereocenters. The maximum atomic E-state index is 6.79. The van der Waals surface area contributed by atoms with Crippen LogP contribution in [0.3, 0.4) is 0 Å². The van der Waals surface area contributed by atoms with Gasteiger partial charge in [0.1, 0.15) is 11.5 Å². The molecule has 1 aliphatic rings. The first-order chi connectivity index (χ1) is 24.3. The zero-order chi connectivity index (χ0) is 32.3. The van der Waals surface area contributed by atoms with E-state index in [-0.39, 0.29) is 0 Å². The van der Waals surface area contributed by atoms with E-state index in [0.29, 0.717) is 0 Å². The Labute approximate surface area is 288 Å². The van der Waals surface area contributed by atoms with Crippen molar-refractivity contribution in [3.8, 4) is 44.9 Å². The number of benzene rings is 8. The fraction of sp³-hybridized carbons (Fsp3) is 0. The van der Waals surface area contributed by atoms with Crippen molar-refractivity contribution in [2.75, 3.05) is 4.90 Å². The lowest BCUT2D eigenvalue weighted by Gasteiger charge is -2.28. The molecule has 0 spiro atoms. The van der Waals surface area contributed by atoms with Crippen LogP contribution in [0, 0.1) is 0 Å². The number of fused-ring (bicyclic) bond motifs is 5. The summed E-state index contributed by atoms with van der Waals surface area (Å²) in [4.78, 5) is 2.36. The summed E-state index contributed by atoms with van der Waals surface area (Å²) in [5, 5.41) is 4.92. The monoisotopic (exact) mass is 643 g/mol. The van der Waals surface area contributed by atoms with E-state index in [1.165, 1.54) is 53.4 Å². The molecule has 1 aliphatic heterocycles. The highest BCUT2D eigenvalue weighted by molar-refractivity contribution is 7.26. The number of para-hydroxylation sites is 1. The minimum atomic E-state index is 0.863. The number of hydrogen-bond donors (Lipinski definition) is 0. The molecule has 0 saturated heterocycles. The molecule has 8 aromatic carbocycles. The highest BCUT2D eigenvalue weighted by Crippen LogP contribution is 2.51. The third kappa shape index (κ3) is 4.55. The number of nitrogens with zero attached hydrogens (tertiary/aromatic N) is 1. The van der Waals surface area contributed by atoms with Gasteiger partial charge in [-0.15, -0.1) is 11.3 Å². The van der Waals surface area contributed by atoms with E-state index in [4.69, 9.17) is 4.74 Å². The molecule has 49 heavy (non-hydrogen) atoms. The minimum Gasteiger partial charge on any atom is -0.456 e. The van der Waals surface area contributed by atoms with Gasteiger partial charge in [-0.25, -0.2) is 0 Å². The molecule has 9 aromatic rings. The first-order valence-electron chi connectivity index (χ1n) is 16.6. The second-order valence-electron chi connectivity index (χ2n) is 12.5. The topological polar surface area (TPSA) is 12.5 Å². The average molecular weight is 644 g/mol. The van der Waals surface area contributed by atoms with Crippen LogP contribution in [0.5, 0.6) is 11.5 Å². The predicted molar refractivity (Wildman–Crippen MR) is 208 cm³/mol. The van der Waals surface area contributed by atoms with Crippen LogP contribution in [0.2, 0.25) is 0 Å². The Bertz CT molecular complexity index is 2680. The number of rotatable bonds is 5. The van der Waals surface area contributed by atoms with Crippen molar-refractivity contribution in [2.45, 2.75) is 0 Å². The van der Waals surface area contributed by atoms with Gasteiger partial charge < -0.3 is 9.64 Å². The Morgan fingerprint density at radius 1 is 0.408 bits per heavy atom. The Kier molecular flexibility index (Phi) is 6.39. The van der Waals surface area contributed by atoms with Crippen molar-refractivity contribution >= 4 is 59.3 Å². The van der Waals surface area contributed by atoms with E-state index in [9.17, 15) is 0 Å². The lowest BCUT2D eigenvalue weighted by Crippen LogP contribution is -2.10. The molecule has 0 amide bonds. The molecular formula is C46H29NOS. The van der Waals surface area contributed by atoms with Crippen LogP contribution in [0.15, 0.2) is 176 Å². The van der Waals surface area contributed by atoms with E-state index < -0.39 is 0 Å². The van der Waals surface area contributed by atoms with Gasteiger partial charge in [0, 0.05) is 43.9 Å². The molecule has 0 aliphatic carbocycles. The smallest absolute Gasteiger partial charge is 0.137 e. The SMILES string of the molecule is c1ccc(-c2ccc(-c3ccc4c5c(cccc35)-c3ccc(N(c5ccccc5)c5cccc6c5sc5ccccc56)cc3O4)cc2)cc1. The summed E-state index contributed by atoms with van der Waals surface area (Å²) >= 11 is 1.85. The molecule has 3 heteroatoms. The molecule has 0 bridgehead atoms. The van der Waals surface area contributed by atoms with Gasteiger partial charge >= 0.3 is 0 Å². The van der Waals surface area contributed by atoms with Gasteiger partial charge in [0.05, 0.1) is 10.4 Å². The lowest BCUT2D eigenvalue weighted by molar-refractivity contribution is 0.487. The predicted octanol–water partition coefficient (Wildman–Crippen LogP) is 13.8. The molecule has 0 N–H and O–H groups in total. The fourth-order valence-electron chi connectivity index (χ4n) is 7.40. The Morgan fingerprint density at radius 2 is 1.08 bits per heavy atom. The number of ether oxygens (including phenoxy) is 1. The van der Waals surface area contributed by atoms with E-state index in [2.05, 4.69) is 181 Å².